The van der Waals surface area contributed by atoms with Crippen molar-refractivity contribution < 1.29 is 18.3 Å². The fraction of sp³-hybridized carbons (Fsp3) is 0.929. The van der Waals surface area contributed by atoms with Gasteiger partial charge in [0.25, 0.3) is 5.92 Å². The molecular formula is C14H26F2N2O2. The Morgan fingerprint density at radius 2 is 2.10 bits per heavy atom. The van der Waals surface area contributed by atoms with Crippen LogP contribution >= 0.6 is 0 Å². The Morgan fingerprint density at radius 1 is 1.50 bits per heavy atom. The number of nitrogens with zero attached hydrogens (tertiary/aromatic N) is 1. The van der Waals surface area contributed by atoms with Crippen LogP contribution in [0.3, 0.4) is 0 Å². The molecule has 1 aliphatic rings. The number of carbonyl (C=O) groups is 1. The van der Waals surface area contributed by atoms with E-state index in [1.807, 2.05) is 6.92 Å². The number of carbonyl (C=O) groups excluding carboxylic acids is 1. The molecule has 0 amide bonds. The van der Waals surface area contributed by atoms with Crippen molar-refractivity contribution in [3.63, 3.8) is 0 Å². The second-order valence-electron chi connectivity index (χ2n) is 6.40. The molecule has 0 aromatic rings. The summed E-state index contributed by atoms with van der Waals surface area (Å²) < 4.78 is 32.6. The summed E-state index contributed by atoms with van der Waals surface area (Å²) in [6, 6.07) is -0.300. The molecule has 6 heteroatoms. The topological polar surface area (TPSA) is 55.6 Å². The van der Waals surface area contributed by atoms with E-state index in [2.05, 4.69) is 0 Å². The van der Waals surface area contributed by atoms with Crippen LogP contribution < -0.4 is 5.73 Å². The van der Waals surface area contributed by atoms with E-state index in [9.17, 15) is 13.6 Å². The molecule has 0 spiro atoms. The normalized spacial score (nSPS) is 25.2. The summed E-state index contributed by atoms with van der Waals surface area (Å²) in [5.41, 5.74) is 5.09. The van der Waals surface area contributed by atoms with Gasteiger partial charge in [-0.25, -0.2) is 8.78 Å². The number of alkyl halides is 2. The summed E-state index contributed by atoms with van der Waals surface area (Å²) in [5.74, 6) is -3.26. The number of halogens is 2. The Labute approximate surface area is 119 Å². The molecule has 2 N–H and O–H groups in total. The predicted octanol–water partition coefficient (Wildman–Crippen LogP) is 2.51. The molecule has 20 heavy (non-hydrogen) atoms. The first kappa shape index (κ1) is 17.3. The van der Waals surface area contributed by atoms with Crippen molar-refractivity contribution in [3.05, 3.63) is 0 Å². The highest BCUT2D eigenvalue weighted by atomic mass is 19.3. The van der Waals surface area contributed by atoms with Gasteiger partial charge in [-0.2, -0.15) is 0 Å². The predicted molar refractivity (Wildman–Crippen MR) is 73.4 cm³/mol. The van der Waals surface area contributed by atoms with Crippen molar-refractivity contribution in [2.24, 2.45) is 5.73 Å². The molecule has 4 nitrogen and oxygen atoms in total. The maximum atomic E-state index is 13.7. The summed E-state index contributed by atoms with van der Waals surface area (Å²) >= 11 is 0. The average molecular weight is 292 g/mol. The summed E-state index contributed by atoms with van der Waals surface area (Å²) in [6.45, 7) is 7.72. The number of nitrogens with two attached hydrogens (primary N) is 1. The molecule has 0 aromatic carbocycles. The van der Waals surface area contributed by atoms with Crippen LogP contribution in [0.1, 0.15) is 53.4 Å². The van der Waals surface area contributed by atoms with Gasteiger partial charge in [0.15, 0.2) is 0 Å². The third-order valence-corrected chi connectivity index (χ3v) is 3.48. The van der Waals surface area contributed by atoms with Crippen LogP contribution in [-0.2, 0) is 9.53 Å². The number of hydrogen-bond acceptors (Lipinski definition) is 4. The van der Waals surface area contributed by atoms with Crippen LogP contribution in [0, 0.1) is 0 Å². The maximum Gasteiger partial charge on any atom is 0.307 e. The number of piperidine rings is 1. The summed E-state index contributed by atoms with van der Waals surface area (Å²) in [7, 11) is 0. The van der Waals surface area contributed by atoms with Crippen molar-refractivity contribution in [1.29, 1.82) is 0 Å². The molecule has 2 atom stereocenters. The first-order chi connectivity index (χ1) is 9.07. The maximum absolute atomic E-state index is 13.7. The summed E-state index contributed by atoms with van der Waals surface area (Å²) in [6.07, 6.45) is -0.428. The minimum absolute atomic E-state index is 0.0948. The molecule has 1 rings (SSSR count). The second-order valence-corrected chi connectivity index (χ2v) is 6.40. The Bertz CT molecular complexity index is 343. The van der Waals surface area contributed by atoms with Gasteiger partial charge in [0, 0.05) is 19.0 Å². The minimum atomic E-state index is -2.89. The van der Waals surface area contributed by atoms with E-state index in [0.717, 1.165) is 0 Å². The van der Waals surface area contributed by atoms with Crippen molar-refractivity contribution in [1.82, 2.24) is 4.90 Å². The number of likely N-dealkylation sites (tertiary alicyclic amines) is 1. The van der Waals surface area contributed by atoms with E-state index >= 15 is 0 Å². The second kappa shape index (κ2) is 6.35. The average Bonchev–Trinajstić information content (AvgIpc) is 2.27. The van der Waals surface area contributed by atoms with Gasteiger partial charge in [-0.1, -0.05) is 6.92 Å². The van der Waals surface area contributed by atoms with Gasteiger partial charge in [0.2, 0.25) is 0 Å². The molecule has 1 heterocycles. The van der Waals surface area contributed by atoms with Gasteiger partial charge in [-0.3, -0.25) is 9.69 Å². The molecule has 0 aromatic heterocycles. The van der Waals surface area contributed by atoms with Crippen LogP contribution in [0.5, 0.6) is 0 Å². The number of ether oxygens (including phenoxy) is 1. The van der Waals surface area contributed by atoms with Gasteiger partial charge >= 0.3 is 5.97 Å². The highest BCUT2D eigenvalue weighted by Gasteiger charge is 2.45. The molecule has 118 valence electrons. The van der Waals surface area contributed by atoms with Crippen LogP contribution in [0.15, 0.2) is 0 Å². The SMILES string of the molecule is CC[C@@H](CC(=O)OC(C)(C)C)N1CCCC(F)(F)[C@H]1N. The minimum Gasteiger partial charge on any atom is -0.460 e. The lowest BCUT2D eigenvalue weighted by molar-refractivity contribution is -0.160. The molecule has 0 bridgehead atoms. The van der Waals surface area contributed by atoms with Crippen LogP contribution in [-0.4, -0.2) is 41.1 Å². The van der Waals surface area contributed by atoms with Crippen molar-refractivity contribution in [2.45, 2.75) is 77.1 Å². The van der Waals surface area contributed by atoms with E-state index in [1.165, 1.54) is 0 Å². The Balaban J connectivity index is 2.68. The zero-order chi connectivity index (χ0) is 15.6. The van der Waals surface area contributed by atoms with Gasteiger partial charge < -0.3 is 10.5 Å². The lowest BCUT2D eigenvalue weighted by atomic mass is 9.99. The number of hydrogen-bond donors (Lipinski definition) is 1. The first-order valence-electron chi connectivity index (χ1n) is 7.18. The number of rotatable bonds is 4. The molecule has 1 saturated heterocycles. The molecule has 0 radical (unpaired) electrons. The molecule has 0 unspecified atom stereocenters. The standard InChI is InChI=1S/C14H26F2N2O2/c1-5-10(9-11(19)20-13(2,3)4)18-8-6-7-14(15,16)12(18)17/h10,12H,5-9,17H2,1-4H3/t10-,12-/m0/s1. The first-order valence-corrected chi connectivity index (χ1v) is 7.18. The zero-order valence-corrected chi connectivity index (χ0v) is 12.8. The Kier molecular flexibility index (Phi) is 5.49. The highest BCUT2D eigenvalue weighted by Crippen LogP contribution is 2.32. The fourth-order valence-electron chi connectivity index (χ4n) is 2.51. The van der Waals surface area contributed by atoms with Gasteiger partial charge in [0.1, 0.15) is 11.8 Å². The monoisotopic (exact) mass is 292 g/mol. The van der Waals surface area contributed by atoms with Crippen LogP contribution in [0.4, 0.5) is 8.78 Å². The van der Waals surface area contributed by atoms with E-state index in [4.69, 9.17) is 10.5 Å². The van der Waals surface area contributed by atoms with Crippen molar-refractivity contribution in [2.75, 3.05) is 6.54 Å². The smallest absolute Gasteiger partial charge is 0.307 e. The van der Waals surface area contributed by atoms with Gasteiger partial charge in [-0.05, 0) is 33.6 Å². The van der Waals surface area contributed by atoms with Gasteiger partial charge in [-0.15, -0.1) is 0 Å². The fourth-order valence-corrected chi connectivity index (χ4v) is 2.51. The molecule has 1 fully saturated rings. The van der Waals surface area contributed by atoms with Crippen LogP contribution in [0.2, 0.25) is 0 Å². The van der Waals surface area contributed by atoms with Crippen LogP contribution in [0.25, 0.3) is 0 Å². The lowest BCUT2D eigenvalue weighted by Crippen LogP contribution is -2.60. The van der Waals surface area contributed by atoms with E-state index in [-0.39, 0.29) is 24.9 Å². The zero-order valence-electron chi connectivity index (χ0n) is 12.8. The summed E-state index contributed by atoms with van der Waals surface area (Å²) in [4.78, 5) is 13.4. The van der Waals surface area contributed by atoms with E-state index in [0.29, 0.717) is 19.4 Å². The Hall–Kier alpha value is -0.750. The van der Waals surface area contributed by atoms with Crippen molar-refractivity contribution in [3.8, 4) is 0 Å². The molecular weight excluding hydrogens is 266 g/mol. The third-order valence-electron chi connectivity index (χ3n) is 3.48. The quantitative estimate of drug-likeness (QED) is 0.809. The largest absolute Gasteiger partial charge is 0.460 e. The molecule has 0 saturated carbocycles. The Morgan fingerprint density at radius 3 is 2.60 bits per heavy atom. The number of esters is 1. The lowest BCUT2D eigenvalue weighted by Gasteiger charge is -2.42. The summed E-state index contributed by atoms with van der Waals surface area (Å²) in [5, 5.41) is 0. The highest BCUT2D eigenvalue weighted by molar-refractivity contribution is 5.70. The third kappa shape index (κ3) is 4.66. The van der Waals surface area contributed by atoms with E-state index < -0.39 is 17.7 Å². The van der Waals surface area contributed by atoms with Crippen molar-refractivity contribution >= 4 is 5.97 Å². The molecule has 0 aliphatic carbocycles. The van der Waals surface area contributed by atoms with E-state index in [1.54, 1.807) is 25.7 Å². The van der Waals surface area contributed by atoms with Gasteiger partial charge in [0.05, 0.1) is 6.42 Å². The molecule has 1 aliphatic heterocycles.